The van der Waals surface area contributed by atoms with E-state index in [1.807, 2.05) is 12.1 Å². The summed E-state index contributed by atoms with van der Waals surface area (Å²) in [6.07, 6.45) is 0. The van der Waals surface area contributed by atoms with Crippen LogP contribution in [0.2, 0.25) is 10.0 Å². The molecule has 0 spiro atoms. The van der Waals surface area contributed by atoms with Crippen LogP contribution in [0, 0.1) is 6.92 Å². The predicted octanol–water partition coefficient (Wildman–Crippen LogP) is 5.08. The fraction of sp³-hybridized carbons (Fsp3) is 0.250. The van der Waals surface area contributed by atoms with Crippen LogP contribution in [-0.2, 0) is 6.54 Å². The van der Waals surface area contributed by atoms with Crippen molar-refractivity contribution in [2.75, 3.05) is 6.54 Å². The first-order chi connectivity index (χ1) is 9.11. The molecule has 1 nitrogen and oxygen atoms in total. The minimum atomic E-state index is 0.662. The number of halogens is 2. The van der Waals surface area contributed by atoms with E-state index in [0.29, 0.717) is 10.0 Å². The number of hydrogen-bond donors (Lipinski definition) is 1. The number of aryl methyl sites for hydroxylation is 1. The lowest BCUT2D eigenvalue weighted by Crippen LogP contribution is -2.12. The summed E-state index contributed by atoms with van der Waals surface area (Å²) in [7, 11) is 0. The molecule has 0 aliphatic heterocycles. The van der Waals surface area contributed by atoms with E-state index in [0.717, 1.165) is 18.7 Å². The Hall–Kier alpha value is -1.02. The van der Waals surface area contributed by atoms with Crippen molar-refractivity contribution >= 4 is 23.2 Å². The van der Waals surface area contributed by atoms with Crippen molar-refractivity contribution in [2.24, 2.45) is 0 Å². The molecule has 0 fully saturated rings. The molecule has 0 bridgehead atoms. The molecule has 0 radical (unpaired) electrons. The van der Waals surface area contributed by atoms with Gasteiger partial charge in [0, 0.05) is 22.2 Å². The van der Waals surface area contributed by atoms with Gasteiger partial charge in [0.1, 0.15) is 0 Å². The SMILES string of the molecule is CCNCc1ccc(C)cc1-c1ccc(Cl)cc1Cl. The van der Waals surface area contributed by atoms with E-state index in [4.69, 9.17) is 23.2 Å². The topological polar surface area (TPSA) is 12.0 Å². The zero-order valence-corrected chi connectivity index (χ0v) is 12.6. The minimum absolute atomic E-state index is 0.662. The number of rotatable bonds is 4. The molecule has 0 aromatic heterocycles. The monoisotopic (exact) mass is 293 g/mol. The fourth-order valence-electron chi connectivity index (χ4n) is 2.06. The Balaban J connectivity index is 2.49. The van der Waals surface area contributed by atoms with E-state index < -0.39 is 0 Å². The summed E-state index contributed by atoms with van der Waals surface area (Å²) in [6.45, 7) is 5.97. The maximum Gasteiger partial charge on any atom is 0.0499 e. The first kappa shape index (κ1) is 14.4. The van der Waals surface area contributed by atoms with E-state index in [-0.39, 0.29) is 0 Å². The summed E-state index contributed by atoms with van der Waals surface area (Å²) in [5.74, 6) is 0. The maximum absolute atomic E-state index is 6.32. The minimum Gasteiger partial charge on any atom is -0.313 e. The van der Waals surface area contributed by atoms with Gasteiger partial charge in [0.25, 0.3) is 0 Å². The third kappa shape index (κ3) is 3.50. The second-order valence-corrected chi connectivity index (χ2v) is 5.41. The Morgan fingerprint density at radius 3 is 2.47 bits per heavy atom. The van der Waals surface area contributed by atoms with Crippen LogP contribution in [0.4, 0.5) is 0 Å². The lowest BCUT2D eigenvalue weighted by Gasteiger charge is -2.13. The third-order valence-electron chi connectivity index (χ3n) is 3.05. The Bertz CT molecular complexity index is 579. The largest absolute Gasteiger partial charge is 0.313 e. The van der Waals surface area contributed by atoms with Gasteiger partial charge in [0.2, 0.25) is 0 Å². The molecule has 1 N–H and O–H groups in total. The summed E-state index contributed by atoms with van der Waals surface area (Å²) in [5, 5.41) is 4.71. The molecule has 0 unspecified atom stereocenters. The van der Waals surface area contributed by atoms with Gasteiger partial charge < -0.3 is 5.32 Å². The lowest BCUT2D eigenvalue weighted by molar-refractivity contribution is 0.728. The molecule has 0 aliphatic carbocycles. The van der Waals surface area contributed by atoms with Gasteiger partial charge in [-0.25, -0.2) is 0 Å². The van der Waals surface area contributed by atoms with Crippen LogP contribution in [0.15, 0.2) is 36.4 Å². The molecule has 0 amide bonds. The highest BCUT2D eigenvalue weighted by Gasteiger charge is 2.09. The second kappa shape index (κ2) is 6.42. The molecule has 2 aromatic rings. The molecule has 0 aliphatic rings. The normalized spacial score (nSPS) is 10.7. The van der Waals surface area contributed by atoms with Gasteiger partial charge in [-0.1, -0.05) is 60.0 Å². The van der Waals surface area contributed by atoms with Crippen LogP contribution >= 0.6 is 23.2 Å². The van der Waals surface area contributed by atoms with Crippen LogP contribution in [0.25, 0.3) is 11.1 Å². The van der Waals surface area contributed by atoms with Gasteiger partial charge in [0.05, 0.1) is 0 Å². The first-order valence-electron chi connectivity index (χ1n) is 6.37. The molecule has 100 valence electrons. The summed E-state index contributed by atoms with van der Waals surface area (Å²) in [6, 6.07) is 12.1. The smallest absolute Gasteiger partial charge is 0.0499 e. The van der Waals surface area contributed by atoms with Crippen LogP contribution < -0.4 is 5.32 Å². The molecule has 3 heteroatoms. The Morgan fingerprint density at radius 2 is 1.79 bits per heavy atom. The van der Waals surface area contributed by atoms with Gasteiger partial charge in [-0.3, -0.25) is 0 Å². The van der Waals surface area contributed by atoms with Gasteiger partial charge >= 0.3 is 0 Å². The average Bonchev–Trinajstić information content (AvgIpc) is 2.37. The molecule has 0 atom stereocenters. The Labute approximate surface area is 124 Å². The van der Waals surface area contributed by atoms with E-state index in [9.17, 15) is 0 Å². The Kier molecular flexibility index (Phi) is 4.87. The van der Waals surface area contributed by atoms with Crippen molar-refractivity contribution in [3.8, 4) is 11.1 Å². The molecular formula is C16H17Cl2N. The second-order valence-electron chi connectivity index (χ2n) is 4.57. The van der Waals surface area contributed by atoms with E-state index in [2.05, 4.69) is 37.4 Å². The lowest BCUT2D eigenvalue weighted by atomic mass is 9.97. The quantitative estimate of drug-likeness (QED) is 0.829. The average molecular weight is 294 g/mol. The zero-order valence-electron chi connectivity index (χ0n) is 11.1. The maximum atomic E-state index is 6.32. The first-order valence-corrected chi connectivity index (χ1v) is 7.13. The van der Waals surface area contributed by atoms with E-state index >= 15 is 0 Å². The van der Waals surface area contributed by atoms with Gasteiger partial charge in [-0.15, -0.1) is 0 Å². The number of benzene rings is 2. The zero-order chi connectivity index (χ0) is 13.8. The van der Waals surface area contributed by atoms with Gasteiger partial charge in [-0.2, -0.15) is 0 Å². The molecule has 2 rings (SSSR count). The highest BCUT2D eigenvalue weighted by atomic mass is 35.5. The van der Waals surface area contributed by atoms with Crippen LogP contribution in [0.5, 0.6) is 0 Å². The fourth-order valence-corrected chi connectivity index (χ4v) is 2.57. The molecular weight excluding hydrogens is 277 g/mol. The molecule has 19 heavy (non-hydrogen) atoms. The summed E-state index contributed by atoms with van der Waals surface area (Å²) >= 11 is 12.3. The molecule has 0 saturated heterocycles. The van der Waals surface area contributed by atoms with Crippen LogP contribution in [0.3, 0.4) is 0 Å². The summed E-state index contributed by atoms with van der Waals surface area (Å²) in [5.41, 5.74) is 4.67. The van der Waals surface area contributed by atoms with E-state index in [1.165, 1.54) is 16.7 Å². The Morgan fingerprint density at radius 1 is 1.00 bits per heavy atom. The molecule has 0 heterocycles. The van der Waals surface area contributed by atoms with E-state index in [1.54, 1.807) is 6.07 Å². The van der Waals surface area contributed by atoms with Crippen LogP contribution in [-0.4, -0.2) is 6.54 Å². The standard InChI is InChI=1S/C16H17Cl2N/c1-3-19-10-12-5-4-11(2)8-15(12)14-7-6-13(17)9-16(14)18/h4-9,19H,3,10H2,1-2H3. The third-order valence-corrected chi connectivity index (χ3v) is 3.60. The van der Waals surface area contributed by atoms with Crippen molar-refractivity contribution < 1.29 is 0 Å². The van der Waals surface area contributed by atoms with Crippen molar-refractivity contribution in [1.29, 1.82) is 0 Å². The highest BCUT2D eigenvalue weighted by molar-refractivity contribution is 6.36. The van der Waals surface area contributed by atoms with Crippen molar-refractivity contribution in [1.82, 2.24) is 5.32 Å². The van der Waals surface area contributed by atoms with Gasteiger partial charge in [-0.05, 0) is 36.7 Å². The van der Waals surface area contributed by atoms with Crippen molar-refractivity contribution in [3.05, 3.63) is 57.6 Å². The summed E-state index contributed by atoms with van der Waals surface area (Å²) in [4.78, 5) is 0. The number of hydrogen-bond acceptors (Lipinski definition) is 1. The highest BCUT2D eigenvalue weighted by Crippen LogP contribution is 2.33. The predicted molar refractivity (Wildman–Crippen MR) is 84.0 cm³/mol. The molecule has 2 aromatic carbocycles. The van der Waals surface area contributed by atoms with Crippen LogP contribution in [0.1, 0.15) is 18.1 Å². The summed E-state index contributed by atoms with van der Waals surface area (Å²) < 4.78 is 0. The van der Waals surface area contributed by atoms with Crippen molar-refractivity contribution in [3.63, 3.8) is 0 Å². The number of nitrogens with one attached hydrogen (secondary N) is 1. The molecule has 0 saturated carbocycles. The van der Waals surface area contributed by atoms with Gasteiger partial charge in [0.15, 0.2) is 0 Å². The van der Waals surface area contributed by atoms with Crippen molar-refractivity contribution in [2.45, 2.75) is 20.4 Å².